The Morgan fingerprint density at radius 1 is 1.06 bits per heavy atom. The fourth-order valence-corrected chi connectivity index (χ4v) is 3.35. The van der Waals surface area contributed by atoms with E-state index in [-0.39, 0.29) is 18.1 Å². The van der Waals surface area contributed by atoms with Crippen LogP contribution in [0.2, 0.25) is 0 Å². The van der Waals surface area contributed by atoms with E-state index >= 15 is 0 Å². The van der Waals surface area contributed by atoms with E-state index in [1.54, 1.807) is 24.3 Å². The van der Waals surface area contributed by atoms with Crippen molar-refractivity contribution >= 4 is 34.4 Å². The molecule has 0 unspecified atom stereocenters. The van der Waals surface area contributed by atoms with Crippen molar-refractivity contribution in [2.75, 3.05) is 10.6 Å². The number of nitrogens with one attached hydrogen (secondary N) is 2. The molecule has 1 amide bonds. The van der Waals surface area contributed by atoms with Crippen LogP contribution in [-0.2, 0) is 17.4 Å². The van der Waals surface area contributed by atoms with Gasteiger partial charge >= 0.3 is 6.18 Å². The Hall–Kier alpha value is -3.66. The largest absolute Gasteiger partial charge is 0.444 e. The van der Waals surface area contributed by atoms with Gasteiger partial charge in [0.15, 0.2) is 0 Å². The topological polar surface area (TPSA) is 80.0 Å². The van der Waals surface area contributed by atoms with Gasteiger partial charge in [0.05, 0.1) is 22.6 Å². The van der Waals surface area contributed by atoms with Gasteiger partial charge in [-0.15, -0.1) is 11.3 Å². The quantitative estimate of drug-likeness (QED) is 0.396. The average molecular weight is 444 g/mol. The zero-order valence-corrected chi connectivity index (χ0v) is 16.6. The number of oxazole rings is 1. The highest BCUT2D eigenvalue weighted by Gasteiger charge is 2.30. The van der Waals surface area contributed by atoms with Crippen LogP contribution in [-0.4, -0.2) is 15.9 Å². The fourth-order valence-electron chi connectivity index (χ4n) is 2.69. The summed E-state index contributed by atoms with van der Waals surface area (Å²) >= 11 is 1.50. The molecule has 6 nitrogen and oxygen atoms in total. The Morgan fingerprint density at radius 3 is 2.48 bits per heavy atom. The van der Waals surface area contributed by atoms with E-state index in [1.807, 2.05) is 17.5 Å². The summed E-state index contributed by atoms with van der Waals surface area (Å²) in [4.78, 5) is 21.2. The van der Waals surface area contributed by atoms with Gasteiger partial charge in [-0.1, -0.05) is 6.07 Å². The SMILES string of the molecule is O=C(Cc1coc(-c2cccs2)n1)Nc1ccc(Nc2ccc(C(F)(F)F)cn2)cc1. The van der Waals surface area contributed by atoms with Crippen LogP contribution in [0.25, 0.3) is 10.8 Å². The molecule has 2 N–H and O–H groups in total. The first-order valence-electron chi connectivity index (χ1n) is 9.05. The standard InChI is InChI=1S/C21H15F3N4O2S/c22-21(23,24)13-3-8-18(25-11-13)26-14-4-6-15(7-5-14)27-19(29)10-16-12-30-20(28-16)17-2-1-9-31-17/h1-9,11-12H,10H2,(H,25,26)(H,27,29). The normalized spacial score (nSPS) is 11.3. The second-order valence-corrected chi connectivity index (χ2v) is 7.43. The van der Waals surface area contributed by atoms with Gasteiger partial charge in [0, 0.05) is 17.6 Å². The number of hydrogen-bond donors (Lipinski definition) is 2. The van der Waals surface area contributed by atoms with Crippen molar-refractivity contribution in [3.8, 4) is 10.8 Å². The minimum Gasteiger partial charge on any atom is -0.444 e. The molecule has 0 aliphatic carbocycles. The van der Waals surface area contributed by atoms with Crippen LogP contribution in [0.4, 0.5) is 30.4 Å². The molecular weight excluding hydrogens is 429 g/mol. The lowest BCUT2D eigenvalue weighted by Crippen LogP contribution is -2.14. The highest BCUT2D eigenvalue weighted by atomic mass is 32.1. The van der Waals surface area contributed by atoms with Crippen molar-refractivity contribution in [3.05, 3.63) is 77.6 Å². The number of rotatable bonds is 6. The third-order valence-corrected chi connectivity index (χ3v) is 5.02. The molecule has 3 aromatic heterocycles. The van der Waals surface area contributed by atoms with E-state index in [9.17, 15) is 18.0 Å². The summed E-state index contributed by atoms with van der Waals surface area (Å²) in [7, 11) is 0. The number of pyridine rings is 1. The first-order chi connectivity index (χ1) is 14.9. The Labute approximate surface area is 178 Å². The van der Waals surface area contributed by atoms with Gasteiger partial charge in [-0.05, 0) is 47.8 Å². The van der Waals surface area contributed by atoms with Crippen LogP contribution in [0.1, 0.15) is 11.3 Å². The van der Waals surface area contributed by atoms with Crippen molar-refractivity contribution in [1.82, 2.24) is 9.97 Å². The number of benzene rings is 1. The summed E-state index contributed by atoms with van der Waals surface area (Å²) in [6, 6.07) is 12.7. The van der Waals surface area contributed by atoms with Crippen LogP contribution >= 0.6 is 11.3 Å². The molecule has 0 radical (unpaired) electrons. The summed E-state index contributed by atoms with van der Waals surface area (Å²) in [6.07, 6.45) is -2.14. The van der Waals surface area contributed by atoms with Crippen LogP contribution in [0.5, 0.6) is 0 Å². The highest BCUT2D eigenvalue weighted by molar-refractivity contribution is 7.13. The number of carbonyl (C=O) groups excluding carboxylic acids is 1. The number of thiophene rings is 1. The first kappa shape index (κ1) is 20.6. The molecule has 158 valence electrons. The Balaban J connectivity index is 1.32. The van der Waals surface area contributed by atoms with E-state index < -0.39 is 11.7 Å². The Bertz CT molecular complexity index is 1150. The second kappa shape index (κ2) is 8.60. The molecule has 0 atom stereocenters. The number of hydrogen-bond acceptors (Lipinski definition) is 6. The summed E-state index contributed by atoms with van der Waals surface area (Å²) in [5, 5.41) is 7.58. The van der Waals surface area contributed by atoms with Crippen LogP contribution in [0, 0.1) is 0 Å². The zero-order chi connectivity index (χ0) is 21.8. The van der Waals surface area contributed by atoms with Crippen molar-refractivity contribution in [1.29, 1.82) is 0 Å². The monoisotopic (exact) mass is 444 g/mol. The van der Waals surface area contributed by atoms with E-state index in [0.717, 1.165) is 17.1 Å². The van der Waals surface area contributed by atoms with Crippen LogP contribution < -0.4 is 10.6 Å². The fraction of sp³-hybridized carbons (Fsp3) is 0.0952. The number of alkyl halides is 3. The molecule has 0 saturated carbocycles. The maximum atomic E-state index is 12.6. The van der Waals surface area contributed by atoms with Gasteiger partial charge in [0.2, 0.25) is 11.8 Å². The van der Waals surface area contributed by atoms with E-state index in [4.69, 9.17) is 4.42 Å². The molecule has 10 heteroatoms. The molecule has 0 aliphatic heterocycles. The van der Waals surface area contributed by atoms with E-state index in [1.165, 1.54) is 23.7 Å². The van der Waals surface area contributed by atoms with E-state index in [0.29, 0.717) is 23.0 Å². The smallest absolute Gasteiger partial charge is 0.417 e. The van der Waals surface area contributed by atoms with Crippen molar-refractivity contribution in [2.45, 2.75) is 12.6 Å². The predicted octanol–water partition coefficient (Wildman–Crippen LogP) is 5.74. The van der Waals surface area contributed by atoms with Crippen molar-refractivity contribution < 1.29 is 22.4 Å². The minimum atomic E-state index is -4.43. The lowest BCUT2D eigenvalue weighted by molar-refractivity contribution is -0.137. The average Bonchev–Trinajstić information content (AvgIpc) is 3.41. The van der Waals surface area contributed by atoms with Crippen LogP contribution in [0.15, 0.2) is 70.8 Å². The van der Waals surface area contributed by atoms with E-state index in [2.05, 4.69) is 20.6 Å². The van der Waals surface area contributed by atoms with Gasteiger partial charge < -0.3 is 15.1 Å². The molecule has 0 spiro atoms. The molecule has 3 heterocycles. The Kier molecular flexibility index (Phi) is 5.72. The number of amides is 1. The van der Waals surface area contributed by atoms with Gasteiger partial charge in [-0.2, -0.15) is 13.2 Å². The molecule has 1 aromatic carbocycles. The van der Waals surface area contributed by atoms with Gasteiger partial charge in [0.1, 0.15) is 12.1 Å². The predicted molar refractivity (Wildman–Crippen MR) is 111 cm³/mol. The molecule has 4 rings (SSSR count). The lowest BCUT2D eigenvalue weighted by atomic mass is 10.2. The maximum absolute atomic E-state index is 12.6. The zero-order valence-electron chi connectivity index (χ0n) is 15.8. The number of aromatic nitrogens is 2. The summed E-state index contributed by atoms with van der Waals surface area (Å²) in [5.74, 6) is 0.499. The number of anilines is 3. The molecule has 0 aliphatic rings. The third kappa shape index (κ3) is 5.28. The summed E-state index contributed by atoms with van der Waals surface area (Å²) in [6.45, 7) is 0. The minimum absolute atomic E-state index is 0.0599. The summed E-state index contributed by atoms with van der Waals surface area (Å²) in [5.41, 5.74) is 0.888. The van der Waals surface area contributed by atoms with Crippen molar-refractivity contribution in [3.63, 3.8) is 0 Å². The van der Waals surface area contributed by atoms with Crippen LogP contribution in [0.3, 0.4) is 0 Å². The van der Waals surface area contributed by atoms with Gasteiger partial charge in [-0.3, -0.25) is 4.79 Å². The third-order valence-electron chi connectivity index (χ3n) is 4.16. The van der Waals surface area contributed by atoms with Gasteiger partial charge in [-0.25, -0.2) is 9.97 Å². The lowest BCUT2D eigenvalue weighted by Gasteiger charge is -2.09. The summed E-state index contributed by atoms with van der Waals surface area (Å²) < 4.78 is 43.2. The number of carbonyl (C=O) groups is 1. The highest BCUT2D eigenvalue weighted by Crippen LogP contribution is 2.29. The number of nitrogens with zero attached hydrogens (tertiary/aromatic N) is 2. The van der Waals surface area contributed by atoms with Gasteiger partial charge in [0.25, 0.3) is 0 Å². The molecule has 0 saturated heterocycles. The second-order valence-electron chi connectivity index (χ2n) is 6.48. The molecule has 0 fully saturated rings. The Morgan fingerprint density at radius 2 is 1.84 bits per heavy atom. The van der Waals surface area contributed by atoms with Crippen molar-refractivity contribution in [2.24, 2.45) is 0 Å². The number of halogens is 3. The first-order valence-corrected chi connectivity index (χ1v) is 9.93. The molecule has 0 bridgehead atoms. The molecular formula is C21H15F3N4O2S. The molecule has 31 heavy (non-hydrogen) atoms. The molecule has 4 aromatic rings. The maximum Gasteiger partial charge on any atom is 0.417 e.